The normalized spacial score (nSPS) is 15.3. The number of benzene rings is 3. The molecule has 0 radical (unpaired) electrons. The molecule has 1 fully saturated rings. The smallest absolute Gasteiger partial charge is 0.393 e. The van der Waals surface area contributed by atoms with E-state index in [9.17, 15) is 21.6 Å². The lowest BCUT2D eigenvalue weighted by Gasteiger charge is -2.24. The lowest BCUT2D eigenvalue weighted by atomic mass is 9.99. The summed E-state index contributed by atoms with van der Waals surface area (Å²) < 4.78 is 97.9. The minimum absolute atomic E-state index is 0.0324. The highest BCUT2D eigenvalue weighted by atomic mass is 127. The van der Waals surface area contributed by atoms with Crippen LogP contribution in [0.5, 0.6) is 5.75 Å². The molecule has 0 amide bonds. The van der Waals surface area contributed by atoms with Crippen LogP contribution in [0.15, 0.2) is 66.7 Å². The zero-order chi connectivity index (χ0) is 36.5. The molecule has 1 saturated heterocycles. The summed E-state index contributed by atoms with van der Waals surface area (Å²) >= 11 is 2.08. The number of hydrogen-bond donors (Lipinski definition) is 1. The highest BCUT2D eigenvalue weighted by Crippen LogP contribution is 2.39. The number of ether oxygens (including phenoxy) is 2. The predicted octanol–water partition coefficient (Wildman–Crippen LogP) is 8.54. The number of sulfonamides is 1. The van der Waals surface area contributed by atoms with Gasteiger partial charge in [-0.15, -0.1) is 0 Å². The first-order chi connectivity index (χ1) is 24.2. The zero-order valence-corrected chi connectivity index (χ0v) is 31.1. The van der Waals surface area contributed by atoms with Crippen molar-refractivity contribution in [1.82, 2.24) is 14.8 Å². The van der Waals surface area contributed by atoms with Crippen molar-refractivity contribution in [1.29, 1.82) is 0 Å². The van der Waals surface area contributed by atoms with E-state index in [0.29, 0.717) is 38.9 Å². The Hall–Kier alpha value is -3.96. The van der Waals surface area contributed by atoms with E-state index in [2.05, 4.69) is 27.9 Å². The second-order valence-electron chi connectivity index (χ2n) is 12.5. The van der Waals surface area contributed by atoms with Gasteiger partial charge in [-0.25, -0.2) is 22.5 Å². The number of aryl methyl sites for hydroxylation is 1. The quantitative estimate of drug-likeness (QED) is 0.105. The Morgan fingerprint density at radius 1 is 1.08 bits per heavy atom. The number of fused-ring (bicyclic) bond motifs is 1. The van der Waals surface area contributed by atoms with Crippen LogP contribution in [0.1, 0.15) is 47.7 Å². The van der Waals surface area contributed by atoms with Gasteiger partial charge < -0.3 is 14.8 Å². The maximum atomic E-state index is 15.7. The van der Waals surface area contributed by atoms with E-state index in [1.807, 2.05) is 19.1 Å². The Morgan fingerprint density at radius 3 is 2.53 bits per heavy atom. The SMILES string of the molecule is Cc1ccc(N(C)S(C)(=O)=O)c(CNc2nc(-c3cc(F)c(OCc4ccccc4)cc3CC(F)(F)F)cc3c2c(I)nn3C2CCCCO2)c1. The fourth-order valence-corrected chi connectivity index (χ4v) is 7.38. The Kier molecular flexibility index (Phi) is 10.8. The lowest BCUT2D eigenvalue weighted by Crippen LogP contribution is -2.26. The van der Waals surface area contributed by atoms with E-state index in [1.165, 1.54) is 11.4 Å². The second kappa shape index (κ2) is 14.9. The van der Waals surface area contributed by atoms with Gasteiger partial charge in [0.2, 0.25) is 10.0 Å². The molecule has 1 atom stereocenters. The Labute approximate surface area is 307 Å². The van der Waals surface area contributed by atoms with Crippen molar-refractivity contribution < 1.29 is 35.5 Å². The number of nitrogens with zero attached hydrogens (tertiary/aromatic N) is 4. The molecule has 15 heteroatoms. The van der Waals surface area contributed by atoms with Gasteiger partial charge >= 0.3 is 6.18 Å². The Bertz CT molecular complexity index is 2160. The summed E-state index contributed by atoms with van der Waals surface area (Å²) in [6, 6.07) is 18.0. The maximum absolute atomic E-state index is 15.7. The number of anilines is 2. The van der Waals surface area contributed by atoms with Gasteiger partial charge in [0.05, 0.1) is 35.0 Å². The summed E-state index contributed by atoms with van der Waals surface area (Å²) in [5.74, 6) is -0.861. The third-order valence-corrected chi connectivity index (χ3v) is 10.6. The van der Waals surface area contributed by atoms with Gasteiger partial charge in [0.15, 0.2) is 17.8 Å². The maximum Gasteiger partial charge on any atom is 0.393 e. The van der Waals surface area contributed by atoms with Gasteiger partial charge in [0, 0.05) is 25.8 Å². The van der Waals surface area contributed by atoms with Crippen molar-refractivity contribution in [3.8, 4) is 17.0 Å². The number of nitrogens with one attached hydrogen (secondary N) is 1. The Morgan fingerprint density at radius 2 is 1.84 bits per heavy atom. The van der Waals surface area contributed by atoms with Gasteiger partial charge in [-0.1, -0.05) is 48.0 Å². The van der Waals surface area contributed by atoms with Crippen molar-refractivity contribution in [3.05, 3.63) is 98.5 Å². The summed E-state index contributed by atoms with van der Waals surface area (Å²) in [6.07, 6.45) is -2.79. The first-order valence-corrected chi connectivity index (χ1v) is 19.1. The lowest BCUT2D eigenvalue weighted by molar-refractivity contribution is -0.127. The summed E-state index contributed by atoms with van der Waals surface area (Å²) in [4.78, 5) is 4.79. The predicted molar refractivity (Wildman–Crippen MR) is 197 cm³/mol. The van der Waals surface area contributed by atoms with Crippen LogP contribution in [0.3, 0.4) is 0 Å². The second-order valence-corrected chi connectivity index (χ2v) is 15.6. The van der Waals surface area contributed by atoms with Crippen molar-refractivity contribution >= 4 is 55.0 Å². The highest BCUT2D eigenvalue weighted by molar-refractivity contribution is 14.1. The van der Waals surface area contributed by atoms with Crippen molar-refractivity contribution in [2.75, 3.05) is 29.5 Å². The number of aromatic nitrogens is 3. The van der Waals surface area contributed by atoms with Gasteiger partial charge in [0.25, 0.3) is 0 Å². The van der Waals surface area contributed by atoms with Gasteiger partial charge in [0.1, 0.15) is 16.1 Å². The summed E-state index contributed by atoms with van der Waals surface area (Å²) in [7, 11) is -2.13. The molecule has 3 aromatic carbocycles. The minimum atomic E-state index is -4.62. The van der Waals surface area contributed by atoms with E-state index < -0.39 is 34.7 Å². The molecule has 3 heterocycles. The van der Waals surface area contributed by atoms with Gasteiger partial charge in [-0.2, -0.15) is 18.3 Å². The molecule has 6 rings (SSSR count). The fraction of sp³-hybridized carbons (Fsp3) is 0.333. The molecule has 5 aromatic rings. The van der Waals surface area contributed by atoms with Crippen LogP contribution in [0.4, 0.5) is 29.1 Å². The molecule has 270 valence electrons. The first kappa shape index (κ1) is 36.8. The molecule has 9 nitrogen and oxygen atoms in total. The van der Waals surface area contributed by atoms with Crippen molar-refractivity contribution in [2.45, 2.75) is 58.2 Å². The topological polar surface area (TPSA) is 98.6 Å². The van der Waals surface area contributed by atoms with Crippen LogP contribution in [0.2, 0.25) is 0 Å². The number of rotatable bonds is 11. The monoisotopic (exact) mass is 837 g/mol. The Balaban J connectivity index is 1.48. The molecule has 1 unspecified atom stereocenters. The van der Waals surface area contributed by atoms with Crippen LogP contribution in [0.25, 0.3) is 22.2 Å². The van der Waals surface area contributed by atoms with Gasteiger partial charge in [-0.3, -0.25) is 4.31 Å². The van der Waals surface area contributed by atoms with E-state index in [-0.39, 0.29) is 41.5 Å². The van der Waals surface area contributed by atoms with Crippen LogP contribution < -0.4 is 14.4 Å². The molecule has 51 heavy (non-hydrogen) atoms. The molecular formula is C36H36F4IN5O4S. The zero-order valence-electron chi connectivity index (χ0n) is 28.1. The van der Waals surface area contributed by atoms with Crippen molar-refractivity contribution in [3.63, 3.8) is 0 Å². The summed E-state index contributed by atoms with van der Waals surface area (Å²) in [6.45, 7) is 2.49. The molecule has 0 spiro atoms. The number of halogens is 5. The molecule has 2 aromatic heterocycles. The standard InChI is InChI=1S/C36H36F4IN5O4S/c1-22-12-13-29(45(2)51(3,47)48)25(15-22)20-42-35-33-30(46(44-34(33)41)32-11-7-8-14-49-32)18-28(43-35)26-17-27(37)31(16-24(26)19-36(38,39)40)50-21-23-9-5-4-6-10-23/h4-6,9-10,12-13,15-18,32H,7-8,11,14,19-21H2,1-3H3,(H,42,43). The van der Waals surface area contributed by atoms with E-state index >= 15 is 4.39 Å². The number of pyridine rings is 1. The van der Waals surface area contributed by atoms with Gasteiger partial charge in [-0.05, 0) is 89.7 Å². The van der Waals surface area contributed by atoms with Crippen LogP contribution in [-0.4, -0.2) is 49.3 Å². The molecule has 0 saturated carbocycles. The van der Waals surface area contributed by atoms with Crippen LogP contribution in [-0.2, 0) is 34.3 Å². The molecule has 1 N–H and O–H groups in total. The van der Waals surface area contributed by atoms with E-state index in [4.69, 9.17) is 19.6 Å². The van der Waals surface area contributed by atoms with E-state index in [1.54, 1.807) is 47.1 Å². The third-order valence-electron chi connectivity index (χ3n) is 8.66. The molecule has 0 bridgehead atoms. The molecule has 1 aliphatic rings. The minimum Gasteiger partial charge on any atom is -0.486 e. The van der Waals surface area contributed by atoms with Crippen LogP contribution >= 0.6 is 22.6 Å². The van der Waals surface area contributed by atoms with E-state index in [0.717, 1.165) is 42.4 Å². The average Bonchev–Trinajstić information content (AvgIpc) is 3.42. The van der Waals surface area contributed by atoms with Crippen LogP contribution in [0, 0.1) is 16.4 Å². The fourth-order valence-electron chi connectivity index (χ4n) is 6.08. The molecule has 0 aliphatic carbocycles. The molecule has 1 aliphatic heterocycles. The average molecular weight is 838 g/mol. The highest BCUT2D eigenvalue weighted by Gasteiger charge is 2.31. The largest absolute Gasteiger partial charge is 0.486 e. The molecular weight excluding hydrogens is 801 g/mol. The third kappa shape index (κ3) is 8.58. The summed E-state index contributed by atoms with van der Waals surface area (Å²) in [5.41, 5.74) is 3.08. The number of alkyl halides is 3. The summed E-state index contributed by atoms with van der Waals surface area (Å²) in [5, 5.41) is 8.66. The number of hydrogen-bond acceptors (Lipinski definition) is 7. The van der Waals surface area contributed by atoms with Crippen molar-refractivity contribution in [2.24, 2.45) is 0 Å². The first-order valence-electron chi connectivity index (χ1n) is 16.2.